The number of aliphatic carboxylic acids is 1. The zero-order valence-electron chi connectivity index (χ0n) is 10.0. The highest BCUT2D eigenvalue weighted by Gasteiger charge is 2.37. The Morgan fingerprint density at radius 1 is 1.37 bits per heavy atom. The number of amides is 1. The van der Waals surface area contributed by atoms with Crippen LogP contribution in [0.25, 0.3) is 0 Å². The van der Waals surface area contributed by atoms with Crippen LogP contribution in [-0.2, 0) is 4.79 Å². The van der Waals surface area contributed by atoms with E-state index in [1.165, 1.54) is 11.3 Å². The van der Waals surface area contributed by atoms with Crippen molar-refractivity contribution in [2.75, 3.05) is 0 Å². The Morgan fingerprint density at radius 2 is 2.00 bits per heavy atom. The molecule has 0 saturated heterocycles. The van der Waals surface area contributed by atoms with Crippen LogP contribution in [0.4, 0.5) is 0 Å². The van der Waals surface area contributed by atoms with Crippen LogP contribution in [0.2, 0.25) is 0 Å². The summed E-state index contributed by atoms with van der Waals surface area (Å²) in [4.78, 5) is 23.8. The number of hydrogen-bond acceptors (Lipinski definition) is 3. The van der Waals surface area contributed by atoms with Gasteiger partial charge in [0.05, 0.1) is 20.6 Å². The standard InChI is InChI=1S/C12H13Br2NO3S/c13-7-5-8(19-10(7)14)11(18)15-12(6-9(16)17)3-1-2-4-12/h5H,1-4,6H2,(H,15,18)(H,16,17). The van der Waals surface area contributed by atoms with Crippen molar-refractivity contribution in [2.45, 2.75) is 37.6 Å². The van der Waals surface area contributed by atoms with Crippen LogP contribution < -0.4 is 5.32 Å². The van der Waals surface area contributed by atoms with Crippen LogP contribution in [0.5, 0.6) is 0 Å². The summed E-state index contributed by atoms with van der Waals surface area (Å²) in [5.41, 5.74) is -0.578. The molecule has 1 amide bonds. The van der Waals surface area contributed by atoms with E-state index in [0.717, 1.165) is 33.9 Å². The zero-order valence-corrected chi connectivity index (χ0v) is 14.0. The van der Waals surface area contributed by atoms with Gasteiger partial charge >= 0.3 is 5.97 Å². The molecule has 0 unspecified atom stereocenters. The topological polar surface area (TPSA) is 66.4 Å². The van der Waals surface area contributed by atoms with Gasteiger partial charge in [-0.2, -0.15) is 0 Å². The highest BCUT2D eigenvalue weighted by atomic mass is 79.9. The second-order valence-electron chi connectivity index (χ2n) is 4.74. The first-order valence-electron chi connectivity index (χ1n) is 5.91. The second kappa shape index (κ2) is 5.93. The Hall–Kier alpha value is -0.400. The van der Waals surface area contributed by atoms with Crippen LogP contribution in [0.3, 0.4) is 0 Å². The SMILES string of the molecule is O=C(O)CC1(NC(=O)c2cc(Br)c(Br)s2)CCCC1. The first kappa shape index (κ1) is 15.0. The molecule has 1 aliphatic carbocycles. The number of thiophene rings is 1. The van der Waals surface area contributed by atoms with Gasteiger partial charge < -0.3 is 10.4 Å². The van der Waals surface area contributed by atoms with Crippen molar-refractivity contribution in [3.8, 4) is 0 Å². The van der Waals surface area contributed by atoms with Crippen LogP contribution in [0.1, 0.15) is 41.8 Å². The summed E-state index contributed by atoms with van der Waals surface area (Å²) in [6.07, 6.45) is 3.39. The van der Waals surface area contributed by atoms with Gasteiger partial charge in [-0.25, -0.2) is 0 Å². The minimum Gasteiger partial charge on any atom is -0.481 e. The Kier molecular flexibility index (Phi) is 4.68. The first-order chi connectivity index (χ1) is 8.92. The normalized spacial score (nSPS) is 17.4. The number of carbonyl (C=O) groups is 2. The Balaban J connectivity index is 2.13. The van der Waals surface area contributed by atoms with E-state index in [4.69, 9.17) is 5.11 Å². The summed E-state index contributed by atoms with van der Waals surface area (Å²) in [5.74, 6) is -1.06. The molecule has 1 aliphatic rings. The number of carbonyl (C=O) groups excluding carboxylic acids is 1. The molecule has 0 aliphatic heterocycles. The lowest BCUT2D eigenvalue weighted by atomic mass is 9.93. The van der Waals surface area contributed by atoms with Crippen LogP contribution in [0.15, 0.2) is 14.3 Å². The third kappa shape index (κ3) is 3.58. The van der Waals surface area contributed by atoms with Gasteiger partial charge in [0.15, 0.2) is 0 Å². The quantitative estimate of drug-likeness (QED) is 0.793. The van der Waals surface area contributed by atoms with Crippen molar-refractivity contribution in [1.29, 1.82) is 0 Å². The zero-order chi connectivity index (χ0) is 14.0. The molecule has 104 valence electrons. The van der Waals surface area contributed by atoms with Gasteiger partial charge in [0.1, 0.15) is 0 Å². The molecule has 1 saturated carbocycles. The number of hydrogen-bond donors (Lipinski definition) is 2. The smallest absolute Gasteiger partial charge is 0.305 e. The molecule has 1 aromatic rings. The average molecular weight is 411 g/mol. The number of carboxylic acid groups (broad SMARTS) is 1. The van der Waals surface area contributed by atoms with Gasteiger partial charge in [0.25, 0.3) is 5.91 Å². The van der Waals surface area contributed by atoms with Gasteiger partial charge in [-0.15, -0.1) is 11.3 Å². The molecule has 19 heavy (non-hydrogen) atoms. The van der Waals surface area contributed by atoms with Crippen molar-refractivity contribution in [1.82, 2.24) is 5.32 Å². The Bertz CT molecular complexity index is 490. The average Bonchev–Trinajstić information content (AvgIpc) is 2.87. The number of halogens is 2. The summed E-state index contributed by atoms with van der Waals surface area (Å²) in [5, 5.41) is 11.9. The van der Waals surface area contributed by atoms with Gasteiger partial charge in [0, 0.05) is 4.47 Å². The lowest BCUT2D eigenvalue weighted by Crippen LogP contribution is -2.47. The predicted molar refractivity (Wildman–Crippen MR) is 80.6 cm³/mol. The van der Waals surface area contributed by atoms with E-state index in [1.54, 1.807) is 6.07 Å². The maximum Gasteiger partial charge on any atom is 0.305 e. The fourth-order valence-electron chi connectivity index (χ4n) is 2.45. The highest BCUT2D eigenvalue weighted by Crippen LogP contribution is 2.35. The van der Waals surface area contributed by atoms with E-state index in [9.17, 15) is 9.59 Å². The van der Waals surface area contributed by atoms with Crippen molar-refractivity contribution < 1.29 is 14.7 Å². The van der Waals surface area contributed by atoms with Crippen molar-refractivity contribution in [3.63, 3.8) is 0 Å². The van der Waals surface area contributed by atoms with E-state index in [2.05, 4.69) is 37.2 Å². The fourth-order valence-corrected chi connectivity index (χ4v) is 4.38. The molecule has 4 nitrogen and oxygen atoms in total. The number of nitrogens with one attached hydrogen (secondary N) is 1. The van der Waals surface area contributed by atoms with Crippen molar-refractivity contribution in [3.05, 3.63) is 19.2 Å². The molecule has 1 fully saturated rings. The van der Waals surface area contributed by atoms with E-state index in [0.29, 0.717) is 4.88 Å². The molecular formula is C12H13Br2NO3S. The third-order valence-electron chi connectivity index (χ3n) is 3.30. The maximum atomic E-state index is 12.2. The Morgan fingerprint density at radius 3 is 2.47 bits per heavy atom. The highest BCUT2D eigenvalue weighted by molar-refractivity contribution is 9.13. The summed E-state index contributed by atoms with van der Waals surface area (Å²) < 4.78 is 1.69. The van der Waals surface area contributed by atoms with Crippen LogP contribution in [0, 0.1) is 0 Å². The molecular weight excluding hydrogens is 398 g/mol. The van der Waals surface area contributed by atoms with Crippen molar-refractivity contribution in [2.24, 2.45) is 0 Å². The number of carboxylic acids is 1. The molecule has 2 rings (SSSR count). The van der Waals surface area contributed by atoms with Gasteiger partial charge in [-0.3, -0.25) is 9.59 Å². The molecule has 7 heteroatoms. The van der Waals surface area contributed by atoms with Gasteiger partial charge in [-0.1, -0.05) is 12.8 Å². The first-order valence-corrected chi connectivity index (χ1v) is 8.31. The van der Waals surface area contributed by atoms with Crippen LogP contribution in [-0.4, -0.2) is 22.5 Å². The van der Waals surface area contributed by atoms with E-state index < -0.39 is 11.5 Å². The molecule has 2 N–H and O–H groups in total. The summed E-state index contributed by atoms with van der Waals surface area (Å²) in [6, 6.07) is 1.74. The minimum absolute atomic E-state index is 0.00749. The summed E-state index contributed by atoms with van der Waals surface area (Å²) in [7, 11) is 0. The summed E-state index contributed by atoms with van der Waals surface area (Å²) >= 11 is 8.02. The molecule has 1 aromatic heterocycles. The summed E-state index contributed by atoms with van der Waals surface area (Å²) in [6.45, 7) is 0. The largest absolute Gasteiger partial charge is 0.481 e. The Labute approximate surface area is 131 Å². The monoisotopic (exact) mass is 409 g/mol. The third-order valence-corrected chi connectivity index (χ3v) is 6.55. The molecule has 1 heterocycles. The van der Waals surface area contributed by atoms with Crippen LogP contribution >= 0.6 is 43.2 Å². The predicted octanol–water partition coefficient (Wildman–Crippen LogP) is 3.79. The lowest BCUT2D eigenvalue weighted by molar-refractivity contribution is -0.138. The molecule has 0 bridgehead atoms. The molecule has 0 atom stereocenters. The van der Waals surface area contributed by atoms with E-state index >= 15 is 0 Å². The molecule has 0 aromatic carbocycles. The number of rotatable bonds is 4. The van der Waals surface area contributed by atoms with E-state index in [-0.39, 0.29) is 12.3 Å². The molecule has 0 radical (unpaired) electrons. The molecule has 0 spiro atoms. The maximum absolute atomic E-state index is 12.2. The fraction of sp³-hybridized carbons (Fsp3) is 0.500. The minimum atomic E-state index is -0.865. The van der Waals surface area contributed by atoms with E-state index in [1.807, 2.05) is 0 Å². The lowest BCUT2D eigenvalue weighted by Gasteiger charge is -2.28. The van der Waals surface area contributed by atoms with Gasteiger partial charge in [0.2, 0.25) is 0 Å². The van der Waals surface area contributed by atoms with Gasteiger partial charge in [-0.05, 0) is 50.8 Å². The van der Waals surface area contributed by atoms with Crippen molar-refractivity contribution >= 4 is 55.1 Å². The second-order valence-corrected chi connectivity index (χ2v) is 7.97.